The number of anilines is 1. The minimum atomic E-state index is 0.0955. The van der Waals surface area contributed by atoms with E-state index in [0.29, 0.717) is 26.3 Å². The van der Waals surface area contributed by atoms with Crippen molar-refractivity contribution in [3.63, 3.8) is 0 Å². The lowest BCUT2D eigenvalue weighted by molar-refractivity contribution is -0.120. The van der Waals surface area contributed by atoms with Crippen LogP contribution in [-0.4, -0.2) is 55.2 Å². The Hall–Kier alpha value is -1.46. The summed E-state index contributed by atoms with van der Waals surface area (Å²) >= 11 is 0. The van der Waals surface area contributed by atoms with Crippen LogP contribution in [0.25, 0.3) is 0 Å². The lowest BCUT2D eigenvalue weighted by atomic mass is 10.3. The minimum absolute atomic E-state index is 0.0955. The average molecular weight is 249 g/mol. The summed E-state index contributed by atoms with van der Waals surface area (Å²) in [4.78, 5) is 20.3. The van der Waals surface area contributed by atoms with Gasteiger partial charge in [0.25, 0.3) is 0 Å². The van der Waals surface area contributed by atoms with Gasteiger partial charge in [0.1, 0.15) is 5.82 Å². The molecule has 1 aromatic heterocycles. The number of rotatable bonds is 4. The molecule has 18 heavy (non-hydrogen) atoms. The number of hydrogen-bond donors (Lipinski definition) is 0. The van der Waals surface area contributed by atoms with Gasteiger partial charge in [-0.15, -0.1) is 0 Å². The molecule has 1 fully saturated rings. The second kappa shape index (κ2) is 6.47. The van der Waals surface area contributed by atoms with E-state index < -0.39 is 0 Å². The number of likely N-dealkylation sites (N-methyl/N-ethyl adjacent to an activating group) is 1. The summed E-state index contributed by atoms with van der Waals surface area (Å²) in [6.45, 7) is 6.11. The smallest absolute Gasteiger partial charge is 0.242 e. The van der Waals surface area contributed by atoms with Crippen molar-refractivity contribution in [1.82, 2.24) is 9.88 Å². The van der Waals surface area contributed by atoms with Gasteiger partial charge in [0, 0.05) is 25.8 Å². The van der Waals surface area contributed by atoms with E-state index in [2.05, 4.69) is 9.88 Å². The minimum Gasteiger partial charge on any atom is -0.379 e. The predicted octanol–water partition coefficient (Wildman–Crippen LogP) is 0.767. The third-order valence-corrected chi connectivity index (χ3v) is 3.01. The first-order chi connectivity index (χ1) is 8.81. The molecule has 0 spiro atoms. The van der Waals surface area contributed by atoms with Crippen molar-refractivity contribution in [3.8, 4) is 0 Å². The molecular formula is C13H19N3O2. The summed E-state index contributed by atoms with van der Waals surface area (Å²) in [5.74, 6) is 0.816. The van der Waals surface area contributed by atoms with Crippen LogP contribution in [0.1, 0.15) is 6.92 Å². The van der Waals surface area contributed by atoms with Gasteiger partial charge in [-0.05, 0) is 19.1 Å². The maximum Gasteiger partial charge on any atom is 0.242 e. The van der Waals surface area contributed by atoms with Crippen molar-refractivity contribution in [2.45, 2.75) is 6.92 Å². The van der Waals surface area contributed by atoms with E-state index in [4.69, 9.17) is 4.74 Å². The van der Waals surface area contributed by atoms with Crippen LogP contribution in [0.15, 0.2) is 24.4 Å². The molecule has 98 valence electrons. The number of aromatic nitrogens is 1. The zero-order chi connectivity index (χ0) is 12.8. The van der Waals surface area contributed by atoms with Crippen LogP contribution in [0.2, 0.25) is 0 Å². The van der Waals surface area contributed by atoms with E-state index in [-0.39, 0.29) is 5.91 Å². The number of ether oxygens (including phenoxy) is 1. The highest BCUT2D eigenvalue weighted by Crippen LogP contribution is 2.10. The molecule has 1 aromatic rings. The van der Waals surface area contributed by atoms with Crippen LogP contribution in [-0.2, 0) is 9.53 Å². The zero-order valence-electron chi connectivity index (χ0n) is 10.7. The van der Waals surface area contributed by atoms with Crippen molar-refractivity contribution < 1.29 is 9.53 Å². The van der Waals surface area contributed by atoms with E-state index in [1.165, 1.54) is 0 Å². The third-order valence-electron chi connectivity index (χ3n) is 3.01. The van der Waals surface area contributed by atoms with Gasteiger partial charge < -0.3 is 4.74 Å². The Balaban J connectivity index is 1.97. The largest absolute Gasteiger partial charge is 0.379 e. The molecule has 1 amide bonds. The molecule has 1 aliphatic heterocycles. The summed E-state index contributed by atoms with van der Waals surface area (Å²) in [5, 5.41) is 0. The number of morpholine rings is 1. The van der Waals surface area contributed by atoms with Crippen LogP contribution < -0.4 is 4.90 Å². The Labute approximate surface area is 107 Å². The van der Waals surface area contributed by atoms with E-state index >= 15 is 0 Å². The van der Waals surface area contributed by atoms with E-state index in [9.17, 15) is 4.79 Å². The van der Waals surface area contributed by atoms with Gasteiger partial charge in [-0.2, -0.15) is 0 Å². The standard InChI is InChI=1S/C13H19N3O2/c1-2-16(12-5-3-4-6-14-12)13(17)11-15-7-9-18-10-8-15/h3-6H,2,7-11H2,1H3. The molecule has 0 aliphatic carbocycles. The molecule has 2 rings (SSSR count). The second-order valence-corrected chi connectivity index (χ2v) is 4.21. The van der Waals surface area contributed by atoms with Gasteiger partial charge >= 0.3 is 0 Å². The Kier molecular flexibility index (Phi) is 4.66. The van der Waals surface area contributed by atoms with Crippen molar-refractivity contribution in [2.24, 2.45) is 0 Å². The molecular weight excluding hydrogens is 230 g/mol. The van der Waals surface area contributed by atoms with Crippen LogP contribution in [0.5, 0.6) is 0 Å². The first-order valence-electron chi connectivity index (χ1n) is 6.32. The van der Waals surface area contributed by atoms with E-state index in [1.807, 2.05) is 25.1 Å². The van der Waals surface area contributed by atoms with E-state index in [0.717, 1.165) is 18.9 Å². The van der Waals surface area contributed by atoms with Crippen LogP contribution in [0.4, 0.5) is 5.82 Å². The lowest BCUT2D eigenvalue weighted by Gasteiger charge is -2.28. The van der Waals surface area contributed by atoms with Gasteiger partial charge in [-0.3, -0.25) is 14.6 Å². The Morgan fingerprint density at radius 3 is 2.83 bits per heavy atom. The number of nitrogens with zero attached hydrogens (tertiary/aromatic N) is 3. The molecule has 1 saturated heterocycles. The first-order valence-corrected chi connectivity index (χ1v) is 6.32. The van der Waals surface area contributed by atoms with Gasteiger partial charge in [0.2, 0.25) is 5.91 Å². The SMILES string of the molecule is CCN(C(=O)CN1CCOCC1)c1ccccn1. The molecule has 5 heteroatoms. The molecule has 0 unspecified atom stereocenters. The fourth-order valence-electron chi connectivity index (χ4n) is 2.02. The summed E-state index contributed by atoms with van der Waals surface area (Å²) < 4.78 is 5.27. The average Bonchev–Trinajstić information content (AvgIpc) is 2.42. The van der Waals surface area contributed by atoms with E-state index in [1.54, 1.807) is 11.1 Å². The van der Waals surface area contributed by atoms with Crippen LogP contribution >= 0.6 is 0 Å². The number of pyridine rings is 1. The van der Waals surface area contributed by atoms with Crippen molar-refractivity contribution in [1.29, 1.82) is 0 Å². The summed E-state index contributed by atoms with van der Waals surface area (Å²) in [5.41, 5.74) is 0. The first kappa shape index (κ1) is 13.0. The highest BCUT2D eigenvalue weighted by molar-refractivity contribution is 5.93. The van der Waals surface area contributed by atoms with Crippen molar-refractivity contribution in [3.05, 3.63) is 24.4 Å². The monoisotopic (exact) mass is 249 g/mol. The van der Waals surface area contributed by atoms with Crippen molar-refractivity contribution in [2.75, 3.05) is 44.3 Å². The highest BCUT2D eigenvalue weighted by atomic mass is 16.5. The lowest BCUT2D eigenvalue weighted by Crippen LogP contribution is -2.45. The molecule has 2 heterocycles. The Bertz CT molecular complexity index is 377. The maximum absolute atomic E-state index is 12.2. The molecule has 0 saturated carbocycles. The predicted molar refractivity (Wildman–Crippen MR) is 69.5 cm³/mol. The molecule has 1 aliphatic rings. The molecule has 0 atom stereocenters. The summed E-state index contributed by atoms with van der Waals surface area (Å²) in [7, 11) is 0. The second-order valence-electron chi connectivity index (χ2n) is 4.21. The topological polar surface area (TPSA) is 45.7 Å². The summed E-state index contributed by atoms with van der Waals surface area (Å²) in [6.07, 6.45) is 1.71. The molecule has 5 nitrogen and oxygen atoms in total. The Morgan fingerprint density at radius 2 is 2.22 bits per heavy atom. The molecule has 0 N–H and O–H groups in total. The number of carbonyl (C=O) groups excluding carboxylic acids is 1. The zero-order valence-corrected chi connectivity index (χ0v) is 10.7. The molecule has 0 radical (unpaired) electrons. The molecule has 0 bridgehead atoms. The maximum atomic E-state index is 12.2. The van der Waals surface area contributed by atoms with Crippen molar-refractivity contribution >= 4 is 11.7 Å². The van der Waals surface area contributed by atoms with Crippen LogP contribution in [0.3, 0.4) is 0 Å². The highest BCUT2D eigenvalue weighted by Gasteiger charge is 2.19. The van der Waals surface area contributed by atoms with Gasteiger partial charge in [0.05, 0.1) is 19.8 Å². The normalized spacial score (nSPS) is 16.5. The van der Waals surface area contributed by atoms with Gasteiger partial charge in [0.15, 0.2) is 0 Å². The fourth-order valence-corrected chi connectivity index (χ4v) is 2.02. The Morgan fingerprint density at radius 1 is 1.44 bits per heavy atom. The van der Waals surface area contributed by atoms with Gasteiger partial charge in [-0.1, -0.05) is 6.07 Å². The number of amides is 1. The van der Waals surface area contributed by atoms with Gasteiger partial charge in [-0.25, -0.2) is 4.98 Å². The number of carbonyl (C=O) groups is 1. The van der Waals surface area contributed by atoms with Crippen LogP contribution in [0, 0.1) is 0 Å². The third kappa shape index (κ3) is 3.27. The molecule has 0 aromatic carbocycles. The fraction of sp³-hybridized carbons (Fsp3) is 0.538. The summed E-state index contributed by atoms with van der Waals surface area (Å²) in [6, 6.07) is 5.61. The quantitative estimate of drug-likeness (QED) is 0.790. The number of hydrogen-bond acceptors (Lipinski definition) is 4.